The number of pyridine rings is 1. The van der Waals surface area contributed by atoms with E-state index in [-0.39, 0.29) is 37.0 Å². The molecule has 1 saturated heterocycles. The van der Waals surface area contributed by atoms with E-state index in [1.165, 1.54) is 22.1 Å². The number of benzene rings is 3. The summed E-state index contributed by atoms with van der Waals surface area (Å²) in [5.74, 6) is -1.84. The molecule has 3 aliphatic rings. The lowest BCUT2D eigenvalue weighted by Gasteiger charge is -2.29. The number of urea groups is 1. The lowest BCUT2D eigenvalue weighted by atomic mass is 9.89. The zero-order valence-corrected chi connectivity index (χ0v) is 30.9. The molecule has 1 aliphatic heterocycles. The number of ether oxygens (including phenoxy) is 1. The predicted molar refractivity (Wildman–Crippen MR) is 207 cm³/mol. The number of nitrogens with zero attached hydrogens (tertiary/aromatic N) is 2. The second-order valence-electron chi connectivity index (χ2n) is 15.1. The van der Waals surface area contributed by atoms with Gasteiger partial charge in [-0.3, -0.25) is 9.59 Å². The molecule has 2 aliphatic carbocycles. The normalized spacial score (nSPS) is 23.4. The van der Waals surface area contributed by atoms with Crippen molar-refractivity contribution >= 4 is 40.3 Å². The lowest BCUT2D eigenvalue weighted by molar-refractivity contribution is -0.144. The van der Waals surface area contributed by atoms with Gasteiger partial charge in [-0.25, -0.2) is 14.6 Å². The van der Waals surface area contributed by atoms with Gasteiger partial charge in [0.2, 0.25) is 5.91 Å². The Hall–Kier alpha value is -5.71. The first kappa shape index (κ1) is 36.6. The third kappa shape index (κ3) is 7.14. The van der Waals surface area contributed by atoms with Crippen molar-refractivity contribution in [1.82, 2.24) is 20.5 Å². The molecule has 3 aromatic carbocycles. The molecule has 2 heterocycles. The van der Waals surface area contributed by atoms with E-state index in [4.69, 9.17) is 9.72 Å². The maximum Gasteiger partial charge on any atom is 0.330 e. The molecule has 280 valence electrons. The van der Waals surface area contributed by atoms with Crippen LogP contribution in [-0.2, 0) is 20.8 Å². The summed E-state index contributed by atoms with van der Waals surface area (Å²) in [6, 6.07) is 23.1. The first-order valence-corrected chi connectivity index (χ1v) is 18.7. The van der Waals surface area contributed by atoms with Crippen molar-refractivity contribution in [3.8, 4) is 17.0 Å². The van der Waals surface area contributed by atoms with Gasteiger partial charge >= 0.3 is 12.0 Å². The summed E-state index contributed by atoms with van der Waals surface area (Å²) in [6.07, 6.45) is 3.30. The molecule has 0 radical (unpaired) electrons. The Morgan fingerprint density at radius 3 is 2.52 bits per heavy atom. The Morgan fingerprint density at radius 1 is 1.06 bits per heavy atom. The molecule has 2 fully saturated rings. The third-order valence-electron chi connectivity index (χ3n) is 11.3. The smallest absolute Gasteiger partial charge is 0.330 e. The van der Waals surface area contributed by atoms with Crippen LogP contribution in [0.4, 0.5) is 10.5 Å². The number of aliphatic carboxylic acids is 1. The molecular weight excluding hydrogens is 683 g/mol. The fourth-order valence-electron chi connectivity index (χ4n) is 8.12. The monoisotopic (exact) mass is 729 g/mol. The van der Waals surface area contributed by atoms with E-state index in [1.807, 2.05) is 87.6 Å². The van der Waals surface area contributed by atoms with Crippen molar-refractivity contribution in [2.75, 3.05) is 18.9 Å². The van der Waals surface area contributed by atoms with Crippen LogP contribution in [0.25, 0.3) is 22.2 Å². The molecule has 0 spiro atoms. The summed E-state index contributed by atoms with van der Waals surface area (Å²) in [5.41, 5.74) is 4.14. The number of hydrogen-bond acceptors (Lipinski definition) is 7. The topological polar surface area (TPSA) is 150 Å². The van der Waals surface area contributed by atoms with E-state index in [1.54, 1.807) is 0 Å². The van der Waals surface area contributed by atoms with Crippen LogP contribution in [0.2, 0.25) is 0 Å². The van der Waals surface area contributed by atoms with Gasteiger partial charge in [0.05, 0.1) is 23.8 Å². The highest BCUT2D eigenvalue weighted by molar-refractivity contribution is 5.96. The highest BCUT2D eigenvalue weighted by atomic mass is 16.5. The summed E-state index contributed by atoms with van der Waals surface area (Å²) < 4.78 is 6.68. The SMILES string of the molecule is C=C[C@@H]1C[C@]1(NC(=O)[C@@H]1C[C@@H](Oc2cc(-c3ccccc3)nc3cc(NC)ccc23)CN1C(=O)N[C@H](C(=O)C[C@@H]1CCc2ccccc21)C(C)C)C(=O)O. The minimum atomic E-state index is -1.48. The highest BCUT2D eigenvalue weighted by Gasteiger charge is 2.61. The van der Waals surface area contributed by atoms with E-state index in [0.717, 1.165) is 29.5 Å². The van der Waals surface area contributed by atoms with Crippen LogP contribution < -0.4 is 20.7 Å². The minimum Gasteiger partial charge on any atom is -0.488 e. The molecule has 11 heteroatoms. The van der Waals surface area contributed by atoms with E-state index < -0.39 is 47.6 Å². The summed E-state index contributed by atoms with van der Waals surface area (Å²) in [6.45, 7) is 7.55. The highest BCUT2D eigenvalue weighted by Crippen LogP contribution is 2.45. The number of aromatic nitrogens is 1. The molecule has 6 atom stereocenters. The number of carbonyl (C=O) groups is 4. The van der Waals surface area contributed by atoms with Crippen LogP contribution in [0, 0.1) is 11.8 Å². The Labute approximate surface area is 315 Å². The van der Waals surface area contributed by atoms with Gasteiger partial charge in [0, 0.05) is 48.5 Å². The summed E-state index contributed by atoms with van der Waals surface area (Å²) in [4.78, 5) is 60.8. The third-order valence-corrected chi connectivity index (χ3v) is 11.3. The predicted octanol–water partition coefficient (Wildman–Crippen LogP) is 6.33. The fraction of sp³-hybridized carbons (Fsp3) is 0.372. The maximum absolute atomic E-state index is 14.2. The van der Waals surface area contributed by atoms with Crippen LogP contribution in [0.5, 0.6) is 5.75 Å². The standard InChI is InChI=1S/C43H47N5O6/c1-5-29-23-43(29,41(51)52)47-40(50)36-21-31(54-38-22-34(27-12-7-6-8-13-27)45-35-20-30(44-4)17-18-33(35)38)24-48(36)42(53)46-39(25(2)3)37(49)19-28-16-15-26-11-9-10-14-32(26)28/h5-14,17-18,20,22,25,28-29,31,36,39,44H,1,15-16,19,21,23-24H2,2-4H3,(H,46,53)(H,47,50)(H,51,52)/t28-,29+,31+,36-,39-,43+/m0/s1. The molecule has 1 aromatic heterocycles. The molecule has 3 amide bonds. The minimum absolute atomic E-state index is 0.0307. The number of likely N-dealkylation sites (tertiary alicyclic amines) is 1. The number of fused-ring (bicyclic) bond motifs is 2. The van der Waals surface area contributed by atoms with Crippen LogP contribution in [0.15, 0.2) is 91.5 Å². The van der Waals surface area contributed by atoms with Crippen molar-refractivity contribution in [2.45, 2.75) is 75.6 Å². The Kier molecular flexibility index (Phi) is 10.2. The average molecular weight is 730 g/mol. The van der Waals surface area contributed by atoms with Crippen molar-refractivity contribution in [3.63, 3.8) is 0 Å². The number of amides is 3. The average Bonchev–Trinajstić information content (AvgIpc) is 3.50. The van der Waals surface area contributed by atoms with E-state index in [0.29, 0.717) is 23.4 Å². The molecule has 7 rings (SSSR count). The maximum atomic E-state index is 14.2. The van der Waals surface area contributed by atoms with Crippen LogP contribution in [-0.4, -0.2) is 76.0 Å². The summed E-state index contributed by atoms with van der Waals surface area (Å²) in [5, 5.41) is 19.7. The molecule has 54 heavy (non-hydrogen) atoms. The number of ketones is 1. The second-order valence-corrected chi connectivity index (χ2v) is 15.1. The van der Waals surface area contributed by atoms with Crippen LogP contribution in [0.1, 0.15) is 56.6 Å². The van der Waals surface area contributed by atoms with Gasteiger partial charge in [-0.2, -0.15) is 0 Å². The number of nitrogens with one attached hydrogen (secondary N) is 3. The Morgan fingerprint density at radius 2 is 1.81 bits per heavy atom. The van der Waals surface area contributed by atoms with Gasteiger partial charge in [0.15, 0.2) is 5.78 Å². The number of hydrogen-bond donors (Lipinski definition) is 4. The van der Waals surface area contributed by atoms with Crippen molar-refractivity contribution in [3.05, 3.63) is 103 Å². The molecule has 0 bridgehead atoms. The molecule has 4 N–H and O–H groups in total. The number of anilines is 1. The number of aryl methyl sites for hydroxylation is 1. The largest absolute Gasteiger partial charge is 0.488 e. The first-order chi connectivity index (χ1) is 26.0. The summed E-state index contributed by atoms with van der Waals surface area (Å²) in [7, 11) is 1.83. The van der Waals surface area contributed by atoms with E-state index >= 15 is 0 Å². The second kappa shape index (κ2) is 15.0. The summed E-state index contributed by atoms with van der Waals surface area (Å²) >= 11 is 0. The number of carbonyl (C=O) groups excluding carboxylic acids is 3. The van der Waals surface area contributed by atoms with E-state index in [2.05, 4.69) is 34.7 Å². The van der Waals surface area contributed by atoms with Gasteiger partial charge in [-0.05, 0) is 60.4 Å². The molecule has 11 nitrogen and oxygen atoms in total. The zero-order chi connectivity index (χ0) is 38.1. The molecular formula is C43H47N5O6. The Balaban J connectivity index is 1.16. The lowest BCUT2D eigenvalue weighted by Crippen LogP contribution is -2.56. The van der Waals surface area contributed by atoms with Crippen LogP contribution in [0.3, 0.4) is 0 Å². The van der Waals surface area contributed by atoms with Gasteiger partial charge in [0.1, 0.15) is 23.4 Å². The number of Topliss-reactive ketones (excluding diaryl/α,β-unsaturated/α-hetero) is 1. The van der Waals surface area contributed by atoms with Gasteiger partial charge in [-0.1, -0.05) is 74.5 Å². The van der Waals surface area contributed by atoms with Crippen molar-refractivity contribution in [1.29, 1.82) is 0 Å². The first-order valence-electron chi connectivity index (χ1n) is 18.7. The van der Waals surface area contributed by atoms with E-state index in [9.17, 15) is 24.3 Å². The zero-order valence-electron chi connectivity index (χ0n) is 30.9. The van der Waals surface area contributed by atoms with Crippen LogP contribution >= 0.6 is 0 Å². The molecule has 4 aromatic rings. The van der Waals surface area contributed by atoms with Crippen molar-refractivity contribution < 1.29 is 29.0 Å². The Bertz CT molecular complexity index is 2100. The van der Waals surface area contributed by atoms with Gasteiger partial charge in [0.25, 0.3) is 0 Å². The number of carboxylic acids is 1. The van der Waals surface area contributed by atoms with Gasteiger partial charge in [-0.15, -0.1) is 6.58 Å². The molecule has 1 saturated carbocycles. The number of carboxylic acid groups (broad SMARTS) is 1. The van der Waals surface area contributed by atoms with Gasteiger partial charge < -0.3 is 30.7 Å². The fourth-order valence-corrected chi connectivity index (χ4v) is 8.12. The van der Waals surface area contributed by atoms with Crippen molar-refractivity contribution in [2.24, 2.45) is 11.8 Å². The quantitative estimate of drug-likeness (QED) is 0.117. The molecule has 0 unspecified atom stereocenters. The number of rotatable bonds is 13.